The first-order valence-electron chi connectivity index (χ1n) is 6.25. The Labute approximate surface area is 133 Å². The minimum absolute atomic E-state index is 0.123. The monoisotopic (exact) mass is 386 g/mol. The Bertz CT molecular complexity index is 551. The average molecular weight is 387 g/mol. The SMILES string of the molecule is CCOc1ccc(C(Cl)c2cccc(C)c2I)cc1. The van der Waals surface area contributed by atoms with Crippen LogP contribution >= 0.6 is 34.2 Å². The lowest BCUT2D eigenvalue weighted by Crippen LogP contribution is -1.98. The van der Waals surface area contributed by atoms with Gasteiger partial charge in [-0.2, -0.15) is 0 Å². The van der Waals surface area contributed by atoms with Crippen LogP contribution in [0.2, 0.25) is 0 Å². The molecule has 0 aliphatic heterocycles. The third-order valence-electron chi connectivity index (χ3n) is 2.98. The molecule has 0 saturated heterocycles. The highest BCUT2D eigenvalue weighted by Crippen LogP contribution is 2.33. The summed E-state index contributed by atoms with van der Waals surface area (Å²) < 4.78 is 6.68. The predicted molar refractivity (Wildman–Crippen MR) is 89.2 cm³/mol. The molecule has 2 rings (SSSR count). The molecule has 0 aliphatic carbocycles. The van der Waals surface area contributed by atoms with Crippen LogP contribution in [0, 0.1) is 10.5 Å². The summed E-state index contributed by atoms with van der Waals surface area (Å²) in [6.45, 7) is 4.76. The summed E-state index contributed by atoms with van der Waals surface area (Å²) in [5, 5.41) is -0.123. The summed E-state index contributed by atoms with van der Waals surface area (Å²) in [6.07, 6.45) is 0. The van der Waals surface area contributed by atoms with Gasteiger partial charge in [-0.15, -0.1) is 11.6 Å². The van der Waals surface area contributed by atoms with Gasteiger partial charge in [-0.1, -0.05) is 30.3 Å². The highest BCUT2D eigenvalue weighted by atomic mass is 127. The molecule has 0 spiro atoms. The van der Waals surface area contributed by atoms with E-state index in [1.165, 1.54) is 9.13 Å². The Morgan fingerprint density at radius 2 is 1.84 bits per heavy atom. The van der Waals surface area contributed by atoms with Crippen molar-refractivity contribution >= 4 is 34.2 Å². The molecule has 0 aliphatic rings. The van der Waals surface area contributed by atoms with E-state index in [0.29, 0.717) is 6.61 Å². The molecule has 0 fully saturated rings. The van der Waals surface area contributed by atoms with Crippen LogP contribution in [-0.4, -0.2) is 6.61 Å². The lowest BCUT2D eigenvalue weighted by atomic mass is 10.0. The first-order chi connectivity index (χ1) is 9.13. The van der Waals surface area contributed by atoms with Crippen LogP contribution in [0.3, 0.4) is 0 Å². The fourth-order valence-electron chi connectivity index (χ4n) is 1.95. The molecule has 1 nitrogen and oxygen atoms in total. The molecule has 0 bridgehead atoms. The van der Waals surface area contributed by atoms with Gasteiger partial charge in [0.2, 0.25) is 0 Å². The number of halogens is 2. The van der Waals surface area contributed by atoms with Crippen molar-refractivity contribution in [1.82, 2.24) is 0 Å². The molecule has 0 saturated carbocycles. The van der Waals surface area contributed by atoms with E-state index in [-0.39, 0.29) is 5.38 Å². The molecule has 0 aromatic heterocycles. The van der Waals surface area contributed by atoms with Crippen molar-refractivity contribution in [2.45, 2.75) is 19.2 Å². The second kappa shape index (κ2) is 6.62. The second-order valence-corrected chi connectivity index (χ2v) is 5.86. The quantitative estimate of drug-likeness (QED) is 0.510. The van der Waals surface area contributed by atoms with Crippen LogP contribution in [0.5, 0.6) is 5.75 Å². The minimum atomic E-state index is -0.123. The van der Waals surface area contributed by atoms with Crippen molar-refractivity contribution in [3.05, 3.63) is 62.7 Å². The Morgan fingerprint density at radius 3 is 2.47 bits per heavy atom. The number of benzene rings is 2. The van der Waals surface area contributed by atoms with Crippen LogP contribution in [-0.2, 0) is 0 Å². The van der Waals surface area contributed by atoms with Gasteiger partial charge in [0.1, 0.15) is 5.75 Å². The molecule has 0 amide bonds. The summed E-state index contributed by atoms with van der Waals surface area (Å²) in [7, 11) is 0. The maximum absolute atomic E-state index is 6.59. The zero-order valence-electron chi connectivity index (χ0n) is 11.0. The van der Waals surface area contributed by atoms with Crippen molar-refractivity contribution in [3.8, 4) is 5.75 Å². The fourth-order valence-corrected chi connectivity index (χ4v) is 3.13. The number of rotatable bonds is 4. The number of hydrogen-bond acceptors (Lipinski definition) is 1. The molecule has 3 heteroatoms. The van der Waals surface area contributed by atoms with Crippen molar-refractivity contribution in [3.63, 3.8) is 0 Å². The van der Waals surface area contributed by atoms with Crippen LogP contribution in [0.15, 0.2) is 42.5 Å². The zero-order valence-corrected chi connectivity index (χ0v) is 13.9. The third kappa shape index (κ3) is 3.42. The Hall–Kier alpha value is -0.740. The normalized spacial score (nSPS) is 12.2. The highest BCUT2D eigenvalue weighted by molar-refractivity contribution is 14.1. The molecule has 1 unspecified atom stereocenters. The molecule has 2 aromatic carbocycles. The van der Waals surface area contributed by atoms with Crippen molar-refractivity contribution < 1.29 is 4.74 Å². The van der Waals surface area contributed by atoms with Gasteiger partial charge in [0.05, 0.1) is 12.0 Å². The summed E-state index contributed by atoms with van der Waals surface area (Å²) in [4.78, 5) is 0. The Balaban J connectivity index is 2.28. The summed E-state index contributed by atoms with van der Waals surface area (Å²) in [6, 6.07) is 14.2. The predicted octanol–water partition coefficient (Wildman–Crippen LogP) is 5.33. The van der Waals surface area contributed by atoms with Crippen molar-refractivity contribution in [2.24, 2.45) is 0 Å². The van der Waals surface area contributed by atoms with Crippen LogP contribution in [0.4, 0.5) is 0 Å². The topological polar surface area (TPSA) is 9.23 Å². The van der Waals surface area contributed by atoms with Gasteiger partial charge in [0.25, 0.3) is 0 Å². The van der Waals surface area contributed by atoms with Gasteiger partial charge < -0.3 is 4.74 Å². The smallest absolute Gasteiger partial charge is 0.119 e. The Kier molecular flexibility index (Phi) is 5.11. The van der Waals surface area contributed by atoms with Crippen LogP contribution in [0.25, 0.3) is 0 Å². The van der Waals surface area contributed by atoms with Gasteiger partial charge in [0, 0.05) is 3.57 Å². The van der Waals surface area contributed by atoms with Crippen LogP contribution in [0.1, 0.15) is 29.0 Å². The van der Waals surface area contributed by atoms with E-state index in [9.17, 15) is 0 Å². The van der Waals surface area contributed by atoms with E-state index in [4.69, 9.17) is 16.3 Å². The fraction of sp³-hybridized carbons (Fsp3) is 0.250. The van der Waals surface area contributed by atoms with E-state index in [0.717, 1.165) is 16.9 Å². The number of hydrogen-bond donors (Lipinski definition) is 0. The summed E-state index contributed by atoms with van der Waals surface area (Å²) in [5.74, 6) is 0.883. The van der Waals surface area contributed by atoms with Gasteiger partial charge in [-0.05, 0) is 65.3 Å². The molecule has 0 heterocycles. The lowest BCUT2D eigenvalue weighted by Gasteiger charge is -2.14. The van der Waals surface area contributed by atoms with E-state index in [1.807, 2.05) is 31.2 Å². The van der Waals surface area contributed by atoms with Gasteiger partial charge in [0.15, 0.2) is 0 Å². The van der Waals surface area contributed by atoms with Crippen molar-refractivity contribution in [2.75, 3.05) is 6.61 Å². The number of aryl methyl sites for hydroxylation is 1. The van der Waals surface area contributed by atoms with Crippen molar-refractivity contribution in [1.29, 1.82) is 0 Å². The maximum atomic E-state index is 6.59. The van der Waals surface area contributed by atoms with E-state index in [1.54, 1.807) is 0 Å². The largest absolute Gasteiger partial charge is 0.494 e. The van der Waals surface area contributed by atoms with Gasteiger partial charge >= 0.3 is 0 Å². The Morgan fingerprint density at radius 1 is 1.16 bits per heavy atom. The first-order valence-corrected chi connectivity index (χ1v) is 7.77. The molecule has 0 radical (unpaired) electrons. The average Bonchev–Trinajstić information content (AvgIpc) is 2.42. The van der Waals surface area contributed by atoms with Gasteiger partial charge in [-0.25, -0.2) is 0 Å². The lowest BCUT2D eigenvalue weighted by molar-refractivity contribution is 0.340. The maximum Gasteiger partial charge on any atom is 0.119 e. The van der Waals surface area contributed by atoms with Crippen LogP contribution < -0.4 is 4.74 Å². The van der Waals surface area contributed by atoms with Gasteiger partial charge in [-0.3, -0.25) is 0 Å². The second-order valence-electron chi connectivity index (χ2n) is 4.34. The molecule has 0 N–H and O–H groups in total. The first kappa shape index (κ1) is 14.7. The minimum Gasteiger partial charge on any atom is -0.494 e. The third-order valence-corrected chi connectivity index (χ3v) is 4.94. The van der Waals surface area contributed by atoms with E-state index in [2.05, 4.69) is 47.7 Å². The zero-order chi connectivity index (χ0) is 13.8. The molecule has 2 aromatic rings. The van der Waals surface area contributed by atoms with E-state index < -0.39 is 0 Å². The standard InChI is InChI=1S/C16H16ClIO/c1-3-19-13-9-7-12(8-10-13)15(17)14-6-4-5-11(2)16(14)18/h4-10,15H,3H2,1-2H3. The highest BCUT2D eigenvalue weighted by Gasteiger charge is 2.14. The molecular weight excluding hydrogens is 371 g/mol. The van der Waals surface area contributed by atoms with E-state index >= 15 is 0 Å². The number of ether oxygens (including phenoxy) is 1. The summed E-state index contributed by atoms with van der Waals surface area (Å²) >= 11 is 8.95. The molecule has 19 heavy (non-hydrogen) atoms. The molecule has 100 valence electrons. The summed E-state index contributed by atoms with van der Waals surface area (Å²) in [5.41, 5.74) is 3.51. The molecule has 1 atom stereocenters. The molecular formula is C16H16ClIO. The number of alkyl halides is 1.